The quantitative estimate of drug-likeness (QED) is 0.855. The van der Waals surface area contributed by atoms with Crippen LogP contribution in [0.15, 0.2) is 37.4 Å². The zero-order valence-corrected chi connectivity index (χ0v) is 13.3. The van der Waals surface area contributed by atoms with Crippen LogP contribution in [0.1, 0.15) is 44.6 Å². The Morgan fingerprint density at radius 3 is 2.43 bits per heavy atom. The fourth-order valence-electron chi connectivity index (χ4n) is 3.18. The van der Waals surface area contributed by atoms with Crippen LogP contribution in [0.4, 0.5) is 0 Å². The van der Waals surface area contributed by atoms with Gasteiger partial charge in [-0.1, -0.05) is 19.1 Å². The smallest absolute Gasteiger partial charge is 0.133 e. The molecule has 1 N–H and O–H groups in total. The molecule has 1 aliphatic carbocycles. The molecule has 2 rings (SSSR count). The molecule has 0 heterocycles. The van der Waals surface area contributed by atoms with Gasteiger partial charge in [0.2, 0.25) is 0 Å². The molecule has 1 aliphatic rings. The van der Waals surface area contributed by atoms with E-state index in [1.165, 1.54) is 0 Å². The lowest BCUT2D eigenvalue weighted by atomic mass is 9.75. The number of aromatic hydroxyl groups is 1. The number of rotatable bonds is 4. The Morgan fingerprint density at radius 1 is 1.29 bits per heavy atom. The number of Topliss-reactive ketones (excluding diaryl/α,β-unsaturated/α-hetero) is 1. The van der Waals surface area contributed by atoms with Gasteiger partial charge in [0, 0.05) is 18.4 Å². The number of phenols is 1. The molecule has 0 unspecified atom stereocenters. The summed E-state index contributed by atoms with van der Waals surface area (Å²) in [6.07, 6.45) is 4.08. The Labute approximate surface area is 128 Å². The van der Waals surface area contributed by atoms with Crippen molar-refractivity contribution < 1.29 is 9.90 Å². The monoisotopic (exact) mass is 289 g/mol. The number of hydrogen-bond acceptors (Lipinski definition) is 3. The molecule has 1 aromatic carbocycles. The van der Waals surface area contributed by atoms with E-state index in [9.17, 15) is 9.90 Å². The summed E-state index contributed by atoms with van der Waals surface area (Å²) in [5.41, 5.74) is 1.04. The fraction of sp³-hybridized carbons (Fsp3) is 0.500. The number of phenolic OH excluding ortho intramolecular Hbond substituents is 1. The number of benzene rings is 1. The number of carbonyl (C=O) groups excluding carboxylic acids is 1. The van der Waals surface area contributed by atoms with Crippen molar-refractivity contribution in [2.75, 3.05) is 13.6 Å². The Bertz CT molecular complexity index is 460. The third kappa shape index (κ3) is 3.94. The van der Waals surface area contributed by atoms with E-state index in [-0.39, 0.29) is 5.54 Å². The minimum absolute atomic E-state index is 0.0946. The highest BCUT2D eigenvalue weighted by atomic mass is 16.3. The molecule has 0 radical (unpaired) electrons. The maximum atomic E-state index is 11.6. The predicted octanol–water partition coefficient (Wildman–Crippen LogP) is 3.87. The second-order valence-electron chi connectivity index (χ2n) is 5.54. The van der Waals surface area contributed by atoms with Gasteiger partial charge in [0.1, 0.15) is 11.5 Å². The van der Waals surface area contributed by atoms with E-state index in [0.29, 0.717) is 24.4 Å². The van der Waals surface area contributed by atoms with Crippen molar-refractivity contribution in [3.05, 3.63) is 43.0 Å². The molecule has 3 nitrogen and oxygen atoms in total. The van der Waals surface area contributed by atoms with Crippen molar-refractivity contribution in [2.45, 2.75) is 44.6 Å². The average Bonchev–Trinajstić information content (AvgIpc) is 2.50. The third-order valence-electron chi connectivity index (χ3n) is 4.31. The summed E-state index contributed by atoms with van der Waals surface area (Å²) in [5.74, 6) is 0.666. The largest absolute Gasteiger partial charge is 0.508 e. The van der Waals surface area contributed by atoms with E-state index in [0.717, 1.165) is 31.4 Å². The van der Waals surface area contributed by atoms with Crippen LogP contribution in [-0.4, -0.2) is 29.4 Å². The van der Waals surface area contributed by atoms with Crippen molar-refractivity contribution in [1.29, 1.82) is 0 Å². The van der Waals surface area contributed by atoms with Gasteiger partial charge in [-0.2, -0.15) is 0 Å². The summed E-state index contributed by atoms with van der Waals surface area (Å²) in [5, 5.41) is 9.74. The second-order valence-corrected chi connectivity index (χ2v) is 5.54. The summed E-state index contributed by atoms with van der Waals surface area (Å²) in [4.78, 5) is 13.9. The van der Waals surface area contributed by atoms with E-state index < -0.39 is 0 Å². The third-order valence-corrected chi connectivity index (χ3v) is 4.31. The molecule has 1 saturated carbocycles. The van der Waals surface area contributed by atoms with E-state index in [4.69, 9.17) is 0 Å². The van der Waals surface area contributed by atoms with Crippen LogP contribution >= 0.6 is 0 Å². The minimum atomic E-state index is -0.0946. The van der Waals surface area contributed by atoms with Crippen molar-refractivity contribution in [1.82, 2.24) is 4.90 Å². The van der Waals surface area contributed by atoms with Crippen LogP contribution in [0.25, 0.3) is 0 Å². The number of carbonyl (C=O) groups is 1. The van der Waals surface area contributed by atoms with Crippen molar-refractivity contribution in [3.63, 3.8) is 0 Å². The lowest BCUT2D eigenvalue weighted by Crippen LogP contribution is -2.46. The molecular weight excluding hydrogens is 262 g/mol. The summed E-state index contributed by atoms with van der Waals surface area (Å²) in [6.45, 7) is 9.17. The average molecular weight is 289 g/mol. The van der Waals surface area contributed by atoms with Gasteiger partial charge in [-0.05, 0) is 50.6 Å². The molecule has 0 spiro atoms. The Morgan fingerprint density at radius 2 is 1.90 bits per heavy atom. The summed E-state index contributed by atoms with van der Waals surface area (Å²) >= 11 is 0. The first-order chi connectivity index (χ1) is 10.1. The molecule has 0 aromatic heterocycles. The molecule has 0 aliphatic heterocycles. The molecule has 116 valence electrons. The van der Waals surface area contributed by atoms with Crippen LogP contribution in [0, 0.1) is 0 Å². The number of ketones is 1. The first-order valence-corrected chi connectivity index (χ1v) is 7.61. The first kappa shape index (κ1) is 17.4. The van der Waals surface area contributed by atoms with E-state index >= 15 is 0 Å². The van der Waals surface area contributed by atoms with Gasteiger partial charge in [0.25, 0.3) is 0 Å². The van der Waals surface area contributed by atoms with Crippen LogP contribution in [0.3, 0.4) is 0 Å². The maximum Gasteiger partial charge on any atom is 0.133 e. The highest BCUT2D eigenvalue weighted by Gasteiger charge is 2.39. The maximum absolute atomic E-state index is 11.6. The first-order valence-electron chi connectivity index (χ1n) is 7.61. The van der Waals surface area contributed by atoms with Gasteiger partial charge in [0.05, 0.1) is 0 Å². The van der Waals surface area contributed by atoms with Crippen molar-refractivity contribution >= 4 is 5.78 Å². The van der Waals surface area contributed by atoms with Gasteiger partial charge < -0.3 is 5.11 Å². The minimum Gasteiger partial charge on any atom is -0.508 e. The van der Waals surface area contributed by atoms with Gasteiger partial charge in [-0.15, -0.1) is 13.2 Å². The summed E-state index contributed by atoms with van der Waals surface area (Å²) in [6, 6.07) is 7.51. The molecule has 3 heteroatoms. The molecule has 1 aromatic rings. The molecule has 0 saturated heterocycles. The predicted molar refractivity (Wildman–Crippen MR) is 87.4 cm³/mol. The van der Waals surface area contributed by atoms with E-state index in [1.54, 1.807) is 6.07 Å². The van der Waals surface area contributed by atoms with Gasteiger partial charge in [-0.25, -0.2) is 0 Å². The standard InChI is InChI=1S/C16H23NO2.C2H4/c1-3-11-17(2)16(9-7-14(18)8-10-16)13-5-4-6-15(19)12-13;1-2/h4-6,12,19H,3,7-11H2,1-2H3;1-2H2. The summed E-state index contributed by atoms with van der Waals surface area (Å²) in [7, 11) is 2.13. The van der Waals surface area contributed by atoms with Crippen LogP contribution in [-0.2, 0) is 10.3 Å². The fourth-order valence-corrected chi connectivity index (χ4v) is 3.18. The Kier molecular flexibility index (Phi) is 6.63. The topological polar surface area (TPSA) is 40.5 Å². The lowest BCUT2D eigenvalue weighted by molar-refractivity contribution is -0.123. The zero-order chi connectivity index (χ0) is 15.9. The van der Waals surface area contributed by atoms with Crippen LogP contribution in [0.2, 0.25) is 0 Å². The zero-order valence-electron chi connectivity index (χ0n) is 13.3. The molecule has 21 heavy (non-hydrogen) atoms. The number of hydrogen-bond donors (Lipinski definition) is 1. The lowest BCUT2D eigenvalue weighted by Gasteiger charge is -2.45. The Balaban J connectivity index is 0.00000106. The molecular formula is C18H27NO2. The van der Waals surface area contributed by atoms with Gasteiger partial charge >= 0.3 is 0 Å². The highest BCUT2D eigenvalue weighted by Crippen LogP contribution is 2.41. The van der Waals surface area contributed by atoms with Crippen LogP contribution in [0.5, 0.6) is 5.75 Å². The normalized spacial score (nSPS) is 17.2. The molecule has 0 atom stereocenters. The van der Waals surface area contributed by atoms with Crippen LogP contribution < -0.4 is 0 Å². The Hall–Kier alpha value is -1.61. The van der Waals surface area contributed by atoms with E-state index in [1.807, 2.05) is 12.1 Å². The molecule has 0 bridgehead atoms. The van der Waals surface area contributed by atoms with Gasteiger partial charge in [-0.3, -0.25) is 9.69 Å². The van der Waals surface area contributed by atoms with Crippen molar-refractivity contribution in [2.24, 2.45) is 0 Å². The highest BCUT2D eigenvalue weighted by molar-refractivity contribution is 5.79. The summed E-state index contributed by atoms with van der Waals surface area (Å²) < 4.78 is 0. The molecule has 1 fully saturated rings. The van der Waals surface area contributed by atoms with Gasteiger partial charge in [0.15, 0.2) is 0 Å². The van der Waals surface area contributed by atoms with E-state index in [2.05, 4.69) is 38.1 Å². The molecule has 0 amide bonds. The van der Waals surface area contributed by atoms with Crippen molar-refractivity contribution in [3.8, 4) is 5.75 Å². The SMILES string of the molecule is C=C.CCCN(C)C1(c2cccc(O)c2)CCC(=O)CC1. The second kappa shape index (κ2) is 7.99. The number of nitrogens with zero attached hydrogens (tertiary/aromatic N) is 1.